The molecule has 1 aromatic carbocycles. The van der Waals surface area contributed by atoms with Crippen LogP contribution < -0.4 is 0 Å². The van der Waals surface area contributed by atoms with Crippen molar-refractivity contribution >= 4 is 22.5 Å². The highest BCUT2D eigenvalue weighted by atomic mass is 32.2. The van der Waals surface area contributed by atoms with E-state index in [9.17, 15) is 10.1 Å². The van der Waals surface area contributed by atoms with Crippen molar-refractivity contribution in [3.8, 4) is 0 Å². The number of rotatable bonds is 3. The topological polar surface area (TPSA) is 64.7 Å². The van der Waals surface area contributed by atoms with E-state index in [2.05, 4.69) is 4.99 Å². The zero-order valence-corrected chi connectivity index (χ0v) is 9.49. The van der Waals surface area contributed by atoms with Crippen LogP contribution in [0.4, 0.5) is 5.69 Å². The smallest absolute Gasteiger partial charge is 0.270 e. The SMILES string of the molecule is COCC1=NCc2ccc([N+](=O)[O-])cc2S1. The number of methoxy groups -OCH3 is 1. The van der Waals surface area contributed by atoms with E-state index >= 15 is 0 Å². The molecule has 0 bridgehead atoms. The van der Waals surface area contributed by atoms with Gasteiger partial charge in [-0.2, -0.15) is 0 Å². The van der Waals surface area contributed by atoms with Gasteiger partial charge in [0, 0.05) is 24.1 Å². The number of nitro benzene ring substituents is 1. The van der Waals surface area contributed by atoms with Crippen LogP contribution in [0.2, 0.25) is 0 Å². The summed E-state index contributed by atoms with van der Waals surface area (Å²) in [4.78, 5) is 15.5. The Morgan fingerprint density at radius 2 is 2.44 bits per heavy atom. The van der Waals surface area contributed by atoms with Gasteiger partial charge in [-0.15, -0.1) is 0 Å². The summed E-state index contributed by atoms with van der Waals surface area (Å²) in [5.41, 5.74) is 1.14. The number of nitro groups is 1. The predicted octanol–water partition coefficient (Wildman–Crippen LogP) is 2.25. The molecule has 0 amide bonds. The molecule has 0 saturated heterocycles. The fourth-order valence-corrected chi connectivity index (χ4v) is 2.42. The van der Waals surface area contributed by atoms with Gasteiger partial charge in [0.05, 0.1) is 23.1 Å². The van der Waals surface area contributed by atoms with Crippen LogP contribution in [0.25, 0.3) is 0 Å². The lowest BCUT2D eigenvalue weighted by Gasteiger charge is -2.14. The number of hydrogen-bond acceptors (Lipinski definition) is 5. The Balaban J connectivity index is 2.26. The average molecular weight is 238 g/mol. The first-order chi connectivity index (χ1) is 7.70. The summed E-state index contributed by atoms with van der Waals surface area (Å²) in [6.45, 7) is 1.02. The minimum atomic E-state index is -0.386. The third-order valence-corrected chi connectivity index (χ3v) is 3.27. The van der Waals surface area contributed by atoms with E-state index in [1.807, 2.05) is 0 Å². The van der Waals surface area contributed by atoms with Gasteiger partial charge in [0.1, 0.15) is 0 Å². The van der Waals surface area contributed by atoms with Gasteiger partial charge in [-0.1, -0.05) is 11.8 Å². The number of nitrogens with zero attached hydrogens (tertiary/aromatic N) is 2. The predicted molar refractivity (Wildman–Crippen MR) is 62.0 cm³/mol. The summed E-state index contributed by atoms with van der Waals surface area (Å²) >= 11 is 1.43. The standard InChI is InChI=1S/C10H10N2O3S/c1-15-6-10-11-5-7-2-3-8(12(13)14)4-9(7)16-10/h2-4H,5-6H2,1H3. The molecule has 2 rings (SSSR count). The Bertz CT molecular complexity index is 459. The maximum Gasteiger partial charge on any atom is 0.270 e. The maximum absolute atomic E-state index is 10.6. The molecule has 0 spiro atoms. The number of hydrogen-bond donors (Lipinski definition) is 0. The van der Waals surface area contributed by atoms with Gasteiger partial charge in [0.15, 0.2) is 0 Å². The van der Waals surface area contributed by atoms with Crippen molar-refractivity contribution in [2.24, 2.45) is 4.99 Å². The number of ether oxygens (including phenoxy) is 1. The van der Waals surface area contributed by atoms with Crippen molar-refractivity contribution < 1.29 is 9.66 Å². The molecule has 0 radical (unpaired) electrons. The lowest BCUT2D eigenvalue weighted by atomic mass is 10.2. The van der Waals surface area contributed by atoms with Crippen LogP contribution in [0, 0.1) is 10.1 Å². The van der Waals surface area contributed by atoms with Crippen LogP contribution in [0.1, 0.15) is 5.56 Å². The lowest BCUT2D eigenvalue weighted by Crippen LogP contribution is -2.08. The Morgan fingerprint density at radius 3 is 3.12 bits per heavy atom. The van der Waals surface area contributed by atoms with Crippen LogP contribution in [0.3, 0.4) is 0 Å². The number of fused-ring (bicyclic) bond motifs is 1. The lowest BCUT2D eigenvalue weighted by molar-refractivity contribution is -0.385. The first-order valence-corrected chi connectivity index (χ1v) is 5.50. The molecule has 1 aliphatic heterocycles. The van der Waals surface area contributed by atoms with Gasteiger partial charge < -0.3 is 4.74 Å². The van der Waals surface area contributed by atoms with Gasteiger partial charge in [-0.05, 0) is 11.6 Å². The van der Waals surface area contributed by atoms with E-state index in [4.69, 9.17) is 4.74 Å². The van der Waals surface area contributed by atoms with Gasteiger partial charge >= 0.3 is 0 Å². The largest absolute Gasteiger partial charge is 0.378 e. The monoisotopic (exact) mass is 238 g/mol. The van der Waals surface area contributed by atoms with Gasteiger partial charge in [0.2, 0.25) is 0 Å². The molecule has 84 valence electrons. The maximum atomic E-state index is 10.6. The number of benzene rings is 1. The summed E-state index contributed by atoms with van der Waals surface area (Å²) in [7, 11) is 1.60. The number of thioether (sulfide) groups is 1. The van der Waals surface area contributed by atoms with Crippen molar-refractivity contribution in [2.75, 3.05) is 13.7 Å². The quantitative estimate of drug-likeness (QED) is 0.598. The normalized spacial score (nSPS) is 14.2. The summed E-state index contributed by atoms with van der Waals surface area (Å²) in [5, 5.41) is 11.5. The van der Waals surface area contributed by atoms with E-state index in [1.165, 1.54) is 17.8 Å². The first kappa shape index (κ1) is 11.1. The van der Waals surface area contributed by atoms with Crippen LogP contribution in [-0.4, -0.2) is 23.7 Å². The fourth-order valence-electron chi connectivity index (χ4n) is 1.41. The third-order valence-electron chi connectivity index (χ3n) is 2.18. The zero-order chi connectivity index (χ0) is 11.5. The van der Waals surface area contributed by atoms with Crippen molar-refractivity contribution in [3.63, 3.8) is 0 Å². The number of non-ortho nitro benzene ring substituents is 1. The molecule has 1 aliphatic rings. The highest BCUT2D eigenvalue weighted by Gasteiger charge is 2.16. The van der Waals surface area contributed by atoms with Crippen molar-refractivity contribution in [1.82, 2.24) is 0 Å². The molecular weight excluding hydrogens is 228 g/mol. The van der Waals surface area contributed by atoms with E-state index in [0.29, 0.717) is 13.2 Å². The molecule has 0 saturated carbocycles. The van der Waals surface area contributed by atoms with E-state index < -0.39 is 0 Å². The second kappa shape index (κ2) is 4.63. The minimum Gasteiger partial charge on any atom is -0.378 e. The van der Waals surface area contributed by atoms with Crippen LogP contribution >= 0.6 is 11.8 Å². The van der Waals surface area contributed by atoms with E-state index in [0.717, 1.165) is 15.5 Å². The second-order valence-electron chi connectivity index (χ2n) is 3.29. The minimum absolute atomic E-state index is 0.116. The van der Waals surface area contributed by atoms with Gasteiger partial charge in [-0.25, -0.2) is 0 Å². The average Bonchev–Trinajstić information content (AvgIpc) is 2.28. The highest BCUT2D eigenvalue weighted by Crippen LogP contribution is 2.32. The molecular formula is C10H10N2O3S. The molecule has 16 heavy (non-hydrogen) atoms. The third kappa shape index (κ3) is 2.23. The summed E-state index contributed by atoms with van der Waals surface area (Å²) in [6.07, 6.45) is 0. The molecule has 5 nitrogen and oxygen atoms in total. The van der Waals surface area contributed by atoms with E-state index in [-0.39, 0.29) is 10.6 Å². The fraction of sp³-hybridized carbons (Fsp3) is 0.300. The Hall–Kier alpha value is -1.40. The van der Waals surface area contributed by atoms with Crippen molar-refractivity contribution in [1.29, 1.82) is 0 Å². The summed E-state index contributed by atoms with van der Waals surface area (Å²) < 4.78 is 4.99. The van der Waals surface area contributed by atoms with Gasteiger partial charge in [0.25, 0.3) is 5.69 Å². The molecule has 0 atom stereocenters. The molecule has 0 unspecified atom stereocenters. The molecule has 6 heteroatoms. The van der Waals surface area contributed by atoms with E-state index in [1.54, 1.807) is 19.2 Å². The van der Waals surface area contributed by atoms with Crippen molar-refractivity contribution in [2.45, 2.75) is 11.4 Å². The summed E-state index contributed by atoms with van der Waals surface area (Å²) in [5.74, 6) is 0. The Morgan fingerprint density at radius 1 is 1.62 bits per heavy atom. The first-order valence-electron chi connectivity index (χ1n) is 4.68. The van der Waals surface area contributed by atoms with Crippen LogP contribution in [0.5, 0.6) is 0 Å². The molecule has 0 fully saturated rings. The Labute approximate surface area is 96.7 Å². The zero-order valence-electron chi connectivity index (χ0n) is 8.67. The molecule has 1 aromatic rings. The van der Waals surface area contributed by atoms with Crippen LogP contribution in [-0.2, 0) is 11.3 Å². The molecule has 0 aliphatic carbocycles. The molecule has 1 heterocycles. The summed E-state index contributed by atoms with van der Waals surface area (Å²) in [6, 6.07) is 4.86. The molecule has 0 N–H and O–H groups in total. The van der Waals surface area contributed by atoms with Gasteiger partial charge in [-0.3, -0.25) is 15.1 Å². The van der Waals surface area contributed by atoms with Crippen LogP contribution in [0.15, 0.2) is 28.1 Å². The number of aliphatic imine (C=N–C) groups is 1. The second-order valence-corrected chi connectivity index (χ2v) is 4.41. The Kier molecular flexibility index (Phi) is 3.21. The molecule has 0 aromatic heterocycles. The van der Waals surface area contributed by atoms with Crippen molar-refractivity contribution in [3.05, 3.63) is 33.9 Å². The highest BCUT2D eigenvalue weighted by molar-refractivity contribution is 8.14.